The Bertz CT molecular complexity index is 399. The summed E-state index contributed by atoms with van der Waals surface area (Å²) >= 11 is 1.33. The molecule has 0 unspecified atom stereocenters. The Balaban J connectivity index is 2.02. The lowest BCUT2D eigenvalue weighted by Gasteiger charge is -2.05. The molecule has 14 heavy (non-hydrogen) atoms. The van der Waals surface area contributed by atoms with Crippen LogP contribution in [0.2, 0.25) is 0 Å². The minimum atomic E-state index is 0.705. The van der Waals surface area contributed by atoms with Crippen molar-refractivity contribution in [1.29, 1.82) is 0 Å². The fourth-order valence-corrected chi connectivity index (χ4v) is 1.54. The number of nitrogens with one attached hydrogen (secondary N) is 1. The summed E-state index contributed by atoms with van der Waals surface area (Å²) in [7, 11) is 0. The van der Waals surface area contributed by atoms with Gasteiger partial charge in [-0.05, 0) is 11.6 Å². The van der Waals surface area contributed by atoms with E-state index in [9.17, 15) is 0 Å². The summed E-state index contributed by atoms with van der Waals surface area (Å²) in [5.74, 6) is 0. The molecular formula is C9H10N4S. The number of rotatable bonds is 3. The van der Waals surface area contributed by atoms with Crippen LogP contribution in [0.5, 0.6) is 0 Å². The molecule has 1 aromatic heterocycles. The predicted molar refractivity (Wildman–Crippen MR) is 58.1 cm³/mol. The van der Waals surface area contributed by atoms with Crippen LogP contribution in [0.1, 0.15) is 5.56 Å². The molecule has 3 N–H and O–H groups in total. The van der Waals surface area contributed by atoms with Crippen molar-refractivity contribution >= 4 is 22.2 Å². The van der Waals surface area contributed by atoms with E-state index in [1.807, 2.05) is 24.3 Å². The smallest absolute Gasteiger partial charge is 0.130 e. The highest BCUT2D eigenvalue weighted by atomic mass is 32.1. The van der Waals surface area contributed by atoms with Crippen LogP contribution in [0.3, 0.4) is 0 Å². The summed E-state index contributed by atoms with van der Waals surface area (Å²) in [6.45, 7) is 0.705. The second-order valence-corrected chi connectivity index (χ2v) is 3.62. The van der Waals surface area contributed by atoms with Crippen LogP contribution < -0.4 is 11.1 Å². The number of para-hydroxylation sites is 1. The van der Waals surface area contributed by atoms with Gasteiger partial charge in [0.25, 0.3) is 0 Å². The molecule has 0 spiro atoms. The lowest BCUT2D eigenvalue weighted by molar-refractivity contribution is 1.14. The Morgan fingerprint density at radius 2 is 2.21 bits per heavy atom. The van der Waals surface area contributed by atoms with Gasteiger partial charge in [0.05, 0.1) is 6.20 Å². The van der Waals surface area contributed by atoms with Crippen molar-refractivity contribution in [3.63, 3.8) is 0 Å². The van der Waals surface area contributed by atoms with Gasteiger partial charge in [-0.3, -0.25) is 0 Å². The largest absolute Gasteiger partial charge is 0.398 e. The first-order chi connectivity index (χ1) is 6.86. The Kier molecular flexibility index (Phi) is 2.60. The number of benzene rings is 1. The zero-order valence-corrected chi connectivity index (χ0v) is 8.29. The van der Waals surface area contributed by atoms with Gasteiger partial charge < -0.3 is 11.1 Å². The quantitative estimate of drug-likeness (QED) is 0.751. The molecule has 0 radical (unpaired) electrons. The Labute approximate surface area is 85.9 Å². The van der Waals surface area contributed by atoms with E-state index in [1.54, 1.807) is 6.20 Å². The summed E-state index contributed by atoms with van der Waals surface area (Å²) < 4.78 is 3.75. The highest BCUT2D eigenvalue weighted by molar-refractivity contribution is 7.09. The third kappa shape index (κ3) is 2.00. The number of nitrogen functional groups attached to an aromatic ring is 1. The lowest BCUT2D eigenvalue weighted by Crippen LogP contribution is -2.01. The van der Waals surface area contributed by atoms with Gasteiger partial charge >= 0.3 is 0 Å². The SMILES string of the molecule is Nc1ccccc1CNc1cnns1. The average molecular weight is 206 g/mol. The number of nitrogens with two attached hydrogens (primary N) is 1. The molecule has 0 amide bonds. The zero-order chi connectivity index (χ0) is 9.80. The first-order valence-electron chi connectivity index (χ1n) is 4.21. The van der Waals surface area contributed by atoms with Crippen LogP contribution in [0, 0.1) is 0 Å². The summed E-state index contributed by atoms with van der Waals surface area (Å²) in [5, 5.41) is 7.88. The molecule has 0 atom stereocenters. The first kappa shape index (κ1) is 8.96. The molecule has 0 saturated heterocycles. The van der Waals surface area contributed by atoms with Gasteiger partial charge in [-0.2, -0.15) is 0 Å². The van der Waals surface area contributed by atoms with Gasteiger partial charge in [0.1, 0.15) is 5.00 Å². The summed E-state index contributed by atoms with van der Waals surface area (Å²) in [6, 6.07) is 7.78. The Hall–Kier alpha value is -1.62. The van der Waals surface area contributed by atoms with E-state index in [0.717, 1.165) is 16.3 Å². The summed E-state index contributed by atoms with van der Waals surface area (Å²) in [6.07, 6.45) is 1.70. The van der Waals surface area contributed by atoms with Gasteiger partial charge in [0.15, 0.2) is 0 Å². The maximum Gasteiger partial charge on any atom is 0.130 e. The summed E-state index contributed by atoms with van der Waals surface area (Å²) in [4.78, 5) is 0. The Morgan fingerprint density at radius 3 is 2.93 bits per heavy atom. The van der Waals surface area contributed by atoms with E-state index < -0.39 is 0 Å². The molecule has 1 heterocycles. The maximum absolute atomic E-state index is 5.79. The van der Waals surface area contributed by atoms with E-state index in [-0.39, 0.29) is 0 Å². The van der Waals surface area contributed by atoms with Crippen LogP contribution >= 0.6 is 11.5 Å². The third-order valence-corrected chi connectivity index (χ3v) is 2.49. The van der Waals surface area contributed by atoms with E-state index in [4.69, 9.17) is 5.73 Å². The molecule has 0 fully saturated rings. The normalized spacial score (nSPS) is 10.0. The molecule has 0 saturated carbocycles. The van der Waals surface area contributed by atoms with Gasteiger partial charge in [-0.1, -0.05) is 22.7 Å². The van der Waals surface area contributed by atoms with Crippen molar-refractivity contribution in [3.8, 4) is 0 Å². The number of nitrogens with zero attached hydrogens (tertiary/aromatic N) is 2. The number of aromatic nitrogens is 2. The van der Waals surface area contributed by atoms with Crippen molar-refractivity contribution in [2.75, 3.05) is 11.1 Å². The van der Waals surface area contributed by atoms with Gasteiger partial charge in [0, 0.05) is 23.8 Å². The number of anilines is 2. The van der Waals surface area contributed by atoms with Crippen molar-refractivity contribution < 1.29 is 0 Å². The van der Waals surface area contributed by atoms with Gasteiger partial charge in [0.2, 0.25) is 0 Å². The topological polar surface area (TPSA) is 63.8 Å². The van der Waals surface area contributed by atoms with Gasteiger partial charge in [-0.25, -0.2) is 0 Å². The Morgan fingerprint density at radius 1 is 1.36 bits per heavy atom. The van der Waals surface area contributed by atoms with Crippen molar-refractivity contribution in [1.82, 2.24) is 9.59 Å². The van der Waals surface area contributed by atoms with E-state index in [1.165, 1.54) is 11.5 Å². The molecule has 0 aliphatic carbocycles. The van der Waals surface area contributed by atoms with Crippen LogP contribution in [0.4, 0.5) is 10.7 Å². The van der Waals surface area contributed by atoms with Crippen LogP contribution in [0.15, 0.2) is 30.5 Å². The highest BCUT2D eigenvalue weighted by Crippen LogP contribution is 2.15. The van der Waals surface area contributed by atoms with E-state index in [2.05, 4.69) is 14.9 Å². The fraction of sp³-hybridized carbons (Fsp3) is 0.111. The second-order valence-electron chi connectivity index (χ2n) is 2.83. The molecule has 2 rings (SSSR count). The number of hydrogen-bond acceptors (Lipinski definition) is 5. The zero-order valence-electron chi connectivity index (χ0n) is 7.47. The molecule has 2 aromatic rings. The molecule has 0 bridgehead atoms. The standard InChI is InChI=1S/C9H10N4S/c10-8-4-2-1-3-7(8)5-11-9-6-12-13-14-9/h1-4,6,11H,5,10H2. The van der Waals surface area contributed by atoms with Gasteiger partial charge in [-0.15, -0.1) is 5.10 Å². The molecule has 0 aliphatic heterocycles. The van der Waals surface area contributed by atoms with Crippen molar-refractivity contribution in [3.05, 3.63) is 36.0 Å². The maximum atomic E-state index is 5.79. The predicted octanol–water partition coefficient (Wildman–Crippen LogP) is 1.73. The lowest BCUT2D eigenvalue weighted by atomic mass is 10.2. The van der Waals surface area contributed by atoms with Crippen molar-refractivity contribution in [2.45, 2.75) is 6.54 Å². The average Bonchev–Trinajstić information content (AvgIpc) is 2.69. The van der Waals surface area contributed by atoms with Crippen LogP contribution in [-0.4, -0.2) is 9.59 Å². The molecule has 4 nitrogen and oxygen atoms in total. The third-order valence-electron chi connectivity index (χ3n) is 1.87. The van der Waals surface area contributed by atoms with Crippen molar-refractivity contribution in [2.24, 2.45) is 0 Å². The monoisotopic (exact) mass is 206 g/mol. The molecule has 0 aliphatic rings. The number of hydrogen-bond donors (Lipinski definition) is 2. The molecular weight excluding hydrogens is 196 g/mol. The molecule has 72 valence electrons. The minimum Gasteiger partial charge on any atom is -0.398 e. The molecule has 5 heteroatoms. The first-order valence-corrected chi connectivity index (χ1v) is 4.98. The van der Waals surface area contributed by atoms with E-state index >= 15 is 0 Å². The summed E-state index contributed by atoms with van der Waals surface area (Å²) in [5.41, 5.74) is 7.68. The van der Waals surface area contributed by atoms with E-state index in [0.29, 0.717) is 6.54 Å². The van der Waals surface area contributed by atoms with Crippen LogP contribution in [0.25, 0.3) is 0 Å². The highest BCUT2D eigenvalue weighted by Gasteiger charge is 1.98. The van der Waals surface area contributed by atoms with Crippen LogP contribution in [-0.2, 0) is 6.54 Å². The fourth-order valence-electron chi connectivity index (χ4n) is 1.12. The molecule has 1 aromatic carbocycles. The minimum absolute atomic E-state index is 0.705. The second kappa shape index (κ2) is 4.06.